The van der Waals surface area contributed by atoms with Crippen LogP contribution in [0.25, 0.3) is 0 Å². The van der Waals surface area contributed by atoms with E-state index in [4.69, 9.17) is 0 Å². The normalized spacial score (nSPS) is 42.4. The van der Waals surface area contributed by atoms with Crippen molar-refractivity contribution in [2.45, 2.75) is 63.3 Å². The van der Waals surface area contributed by atoms with Crippen LogP contribution in [0.4, 0.5) is 0 Å². The molecule has 0 radical (unpaired) electrons. The number of amides is 1. The summed E-state index contributed by atoms with van der Waals surface area (Å²) in [6.45, 7) is 0. The summed E-state index contributed by atoms with van der Waals surface area (Å²) in [5, 5.41) is 3.37. The lowest BCUT2D eigenvalue weighted by Crippen LogP contribution is -2.48. The topological polar surface area (TPSA) is 29.1 Å². The molecule has 0 aromatic carbocycles. The Balaban J connectivity index is 1.60. The van der Waals surface area contributed by atoms with Crippen molar-refractivity contribution < 1.29 is 4.79 Å². The molecule has 2 heteroatoms. The van der Waals surface area contributed by atoms with Gasteiger partial charge in [-0.15, -0.1) is 0 Å². The van der Waals surface area contributed by atoms with E-state index in [0.717, 1.165) is 17.8 Å². The Bertz CT molecular complexity index is 339. The summed E-state index contributed by atoms with van der Waals surface area (Å²) in [7, 11) is 0. The number of carbonyl (C=O) groups is 1. The predicted molar refractivity (Wildman–Crippen MR) is 61.8 cm³/mol. The molecule has 88 valence electrons. The first kappa shape index (κ1) is 9.49. The van der Waals surface area contributed by atoms with Gasteiger partial charge in [-0.2, -0.15) is 0 Å². The second-order valence-corrected chi connectivity index (χ2v) is 6.75. The van der Waals surface area contributed by atoms with Crippen molar-refractivity contribution in [2.75, 3.05) is 0 Å². The summed E-state index contributed by atoms with van der Waals surface area (Å²) in [5.74, 6) is 1.95. The van der Waals surface area contributed by atoms with Crippen molar-refractivity contribution in [1.82, 2.24) is 5.32 Å². The molecule has 1 saturated heterocycles. The van der Waals surface area contributed by atoms with Crippen molar-refractivity contribution >= 4 is 5.91 Å². The molecule has 2 atom stereocenters. The van der Waals surface area contributed by atoms with E-state index in [2.05, 4.69) is 5.32 Å². The van der Waals surface area contributed by atoms with Crippen molar-refractivity contribution in [3.8, 4) is 0 Å². The number of nitrogens with one attached hydrogen (secondary N) is 1. The van der Waals surface area contributed by atoms with Gasteiger partial charge in [-0.05, 0) is 49.4 Å². The standard InChI is InChI=1S/C14H21NO/c16-12-8-10(11-9-13(11)6-7-13)14(15-12)4-2-1-3-5-14/h10-11H,1-9H2,(H,15,16). The van der Waals surface area contributed by atoms with Crippen LogP contribution in [0, 0.1) is 17.3 Å². The summed E-state index contributed by atoms with van der Waals surface area (Å²) in [6.07, 6.45) is 11.7. The van der Waals surface area contributed by atoms with Gasteiger partial charge in [-0.1, -0.05) is 19.3 Å². The third-order valence-corrected chi connectivity index (χ3v) is 5.88. The fourth-order valence-corrected chi connectivity index (χ4v) is 4.71. The molecule has 1 N–H and O–H groups in total. The largest absolute Gasteiger partial charge is 0.350 e. The summed E-state index contributed by atoms with van der Waals surface area (Å²) in [4.78, 5) is 11.8. The van der Waals surface area contributed by atoms with E-state index >= 15 is 0 Å². The lowest BCUT2D eigenvalue weighted by Gasteiger charge is -2.39. The van der Waals surface area contributed by atoms with Crippen LogP contribution in [0.2, 0.25) is 0 Å². The van der Waals surface area contributed by atoms with Gasteiger partial charge in [0, 0.05) is 12.0 Å². The van der Waals surface area contributed by atoms with Crippen LogP contribution in [0.1, 0.15) is 57.8 Å². The molecule has 1 aliphatic heterocycles. The van der Waals surface area contributed by atoms with Crippen molar-refractivity contribution in [1.29, 1.82) is 0 Å². The van der Waals surface area contributed by atoms with E-state index < -0.39 is 0 Å². The zero-order chi connectivity index (χ0) is 10.8. The number of hydrogen-bond acceptors (Lipinski definition) is 1. The smallest absolute Gasteiger partial charge is 0.220 e. The number of hydrogen-bond donors (Lipinski definition) is 1. The minimum Gasteiger partial charge on any atom is -0.350 e. The Kier molecular flexibility index (Phi) is 1.68. The molecule has 2 unspecified atom stereocenters. The average Bonchev–Trinajstić information content (AvgIpc) is 3.17. The molecule has 4 fully saturated rings. The number of rotatable bonds is 1. The summed E-state index contributed by atoms with van der Waals surface area (Å²) in [6, 6.07) is 0. The van der Waals surface area contributed by atoms with E-state index in [1.807, 2.05) is 0 Å². The predicted octanol–water partition coefficient (Wildman–Crippen LogP) is 2.63. The van der Waals surface area contributed by atoms with E-state index in [1.54, 1.807) is 0 Å². The van der Waals surface area contributed by atoms with E-state index in [-0.39, 0.29) is 5.54 Å². The Hall–Kier alpha value is -0.530. The molecule has 0 aromatic rings. The zero-order valence-corrected chi connectivity index (χ0v) is 9.93. The summed E-state index contributed by atoms with van der Waals surface area (Å²) < 4.78 is 0. The first-order valence-electron chi connectivity index (χ1n) is 7.05. The maximum absolute atomic E-state index is 11.8. The highest BCUT2D eigenvalue weighted by molar-refractivity contribution is 5.80. The molecule has 0 aromatic heterocycles. The van der Waals surface area contributed by atoms with Crippen LogP contribution < -0.4 is 5.32 Å². The fourth-order valence-electron chi connectivity index (χ4n) is 4.71. The Morgan fingerprint density at radius 1 is 1.00 bits per heavy atom. The molecule has 1 amide bonds. The molecule has 2 spiro atoms. The monoisotopic (exact) mass is 219 g/mol. The van der Waals surface area contributed by atoms with Gasteiger partial charge in [-0.25, -0.2) is 0 Å². The molecular formula is C14H21NO. The van der Waals surface area contributed by atoms with Gasteiger partial charge < -0.3 is 5.32 Å². The minimum atomic E-state index is 0.242. The lowest BCUT2D eigenvalue weighted by molar-refractivity contribution is -0.120. The average molecular weight is 219 g/mol. The summed E-state index contributed by atoms with van der Waals surface area (Å²) >= 11 is 0. The van der Waals surface area contributed by atoms with Gasteiger partial charge in [-0.3, -0.25) is 4.79 Å². The Labute approximate surface area is 97.2 Å². The molecule has 3 saturated carbocycles. The van der Waals surface area contributed by atoms with Gasteiger partial charge in [0.15, 0.2) is 0 Å². The van der Waals surface area contributed by atoms with Gasteiger partial charge >= 0.3 is 0 Å². The van der Waals surface area contributed by atoms with Crippen molar-refractivity contribution in [3.63, 3.8) is 0 Å². The molecule has 0 bridgehead atoms. The highest BCUT2D eigenvalue weighted by atomic mass is 16.2. The highest BCUT2D eigenvalue weighted by Crippen LogP contribution is 2.75. The second kappa shape index (κ2) is 2.83. The Morgan fingerprint density at radius 2 is 1.75 bits per heavy atom. The molecule has 16 heavy (non-hydrogen) atoms. The molecule has 3 aliphatic carbocycles. The Morgan fingerprint density at radius 3 is 2.38 bits per heavy atom. The van der Waals surface area contributed by atoms with Gasteiger partial charge in [0.25, 0.3) is 0 Å². The molecule has 4 rings (SSSR count). The van der Waals surface area contributed by atoms with Crippen LogP contribution in [0.5, 0.6) is 0 Å². The quantitative estimate of drug-likeness (QED) is 0.721. The van der Waals surface area contributed by atoms with Crippen molar-refractivity contribution in [2.24, 2.45) is 17.3 Å². The fraction of sp³-hybridized carbons (Fsp3) is 0.929. The van der Waals surface area contributed by atoms with E-state index in [1.165, 1.54) is 51.4 Å². The van der Waals surface area contributed by atoms with Crippen molar-refractivity contribution in [3.05, 3.63) is 0 Å². The zero-order valence-electron chi connectivity index (χ0n) is 9.93. The third kappa shape index (κ3) is 1.16. The van der Waals surface area contributed by atoms with Gasteiger partial charge in [0.2, 0.25) is 5.91 Å². The van der Waals surface area contributed by atoms with Crippen LogP contribution in [-0.4, -0.2) is 11.4 Å². The van der Waals surface area contributed by atoms with Crippen LogP contribution in [0.3, 0.4) is 0 Å². The summed E-state index contributed by atoms with van der Waals surface area (Å²) in [5.41, 5.74) is 0.994. The van der Waals surface area contributed by atoms with Gasteiger partial charge in [0.1, 0.15) is 0 Å². The van der Waals surface area contributed by atoms with E-state index in [0.29, 0.717) is 11.8 Å². The number of carbonyl (C=O) groups excluding carboxylic acids is 1. The van der Waals surface area contributed by atoms with Crippen LogP contribution in [0.15, 0.2) is 0 Å². The SMILES string of the molecule is O=C1CC(C2CC23CC3)C2(CCCCC2)N1. The molecule has 1 heterocycles. The second-order valence-electron chi connectivity index (χ2n) is 6.75. The maximum Gasteiger partial charge on any atom is 0.220 e. The van der Waals surface area contributed by atoms with E-state index in [9.17, 15) is 4.79 Å². The van der Waals surface area contributed by atoms with Crippen LogP contribution >= 0.6 is 0 Å². The molecular weight excluding hydrogens is 198 g/mol. The lowest BCUT2D eigenvalue weighted by atomic mass is 9.71. The van der Waals surface area contributed by atoms with Gasteiger partial charge in [0.05, 0.1) is 0 Å². The first-order chi connectivity index (χ1) is 7.74. The molecule has 4 aliphatic rings. The van der Waals surface area contributed by atoms with Crippen LogP contribution in [-0.2, 0) is 4.79 Å². The maximum atomic E-state index is 11.8. The highest BCUT2D eigenvalue weighted by Gasteiger charge is 2.68. The molecule has 2 nitrogen and oxygen atoms in total. The minimum absolute atomic E-state index is 0.242. The third-order valence-electron chi connectivity index (χ3n) is 5.88. The first-order valence-corrected chi connectivity index (χ1v) is 7.05.